The zero-order valence-electron chi connectivity index (χ0n) is 11.9. The third-order valence-corrected chi connectivity index (χ3v) is 3.99. The average Bonchev–Trinajstić information content (AvgIpc) is 2.88. The lowest BCUT2D eigenvalue weighted by Crippen LogP contribution is -2.21. The summed E-state index contributed by atoms with van der Waals surface area (Å²) in [5, 5.41) is 13.9. The van der Waals surface area contributed by atoms with E-state index in [9.17, 15) is 14.7 Å². The average molecular weight is 323 g/mol. The first-order valence-corrected chi connectivity index (χ1v) is 7.59. The first-order chi connectivity index (χ1) is 11.1. The Labute approximate surface area is 136 Å². The minimum absolute atomic E-state index is 0.0991. The molecule has 1 N–H and O–H groups in total. The molecule has 2 aromatic carbocycles. The molecule has 0 saturated carbocycles. The van der Waals surface area contributed by atoms with Crippen molar-refractivity contribution in [2.45, 2.75) is 0 Å². The summed E-state index contributed by atoms with van der Waals surface area (Å²) in [6.07, 6.45) is 1.69. The van der Waals surface area contributed by atoms with E-state index < -0.39 is 5.97 Å². The van der Waals surface area contributed by atoms with Gasteiger partial charge in [0.1, 0.15) is 0 Å². The number of hydrogen-bond donors (Lipinski definition) is 1. The summed E-state index contributed by atoms with van der Waals surface area (Å²) in [6, 6.07) is 15.5. The van der Waals surface area contributed by atoms with Gasteiger partial charge in [0.15, 0.2) is 5.17 Å². The normalized spacial score (nSPS) is 17.5. The second kappa shape index (κ2) is 6.50. The predicted octanol–water partition coefficient (Wildman–Crippen LogP) is 1.94. The van der Waals surface area contributed by atoms with E-state index in [0.717, 1.165) is 11.3 Å². The molecule has 114 valence electrons. The maximum absolute atomic E-state index is 12.0. The zero-order valence-corrected chi connectivity index (χ0v) is 12.7. The van der Waals surface area contributed by atoms with Gasteiger partial charge in [-0.2, -0.15) is 0 Å². The summed E-state index contributed by atoms with van der Waals surface area (Å²) in [7, 11) is 0. The molecule has 6 heteroatoms. The summed E-state index contributed by atoms with van der Waals surface area (Å²) in [5.74, 6) is -1.46. The monoisotopic (exact) mass is 323 g/mol. The van der Waals surface area contributed by atoms with Gasteiger partial charge < -0.3 is 15.2 Å². The van der Waals surface area contributed by atoms with E-state index in [1.54, 1.807) is 18.2 Å². The highest BCUT2D eigenvalue weighted by Crippen LogP contribution is 2.27. The first-order valence-electron chi connectivity index (χ1n) is 6.78. The maximum Gasteiger partial charge on any atom is 0.264 e. The molecule has 2 aromatic rings. The van der Waals surface area contributed by atoms with Crippen molar-refractivity contribution in [2.24, 2.45) is 4.99 Å². The van der Waals surface area contributed by atoms with Crippen LogP contribution in [0, 0.1) is 0 Å². The van der Waals surface area contributed by atoms with Crippen LogP contribution in [-0.2, 0) is 4.79 Å². The van der Waals surface area contributed by atoms with Crippen LogP contribution in [0.2, 0.25) is 0 Å². The van der Waals surface area contributed by atoms with Crippen molar-refractivity contribution < 1.29 is 14.7 Å². The lowest BCUT2D eigenvalue weighted by molar-refractivity contribution is -0.255. The minimum atomic E-state index is -1.23. The Balaban J connectivity index is 1.80. The Morgan fingerprint density at radius 1 is 1.09 bits per heavy atom. The number of carboxylic acids is 1. The standard InChI is InChI=1S/C17H12N2O3S/c20-15-14(10-11-6-8-12(9-7-11)16(21)22)23-17(19-15)18-13-4-2-1-3-5-13/h1-10H,(H,21,22)(H,18,19,20)/p-1/b14-10+. The minimum Gasteiger partial charge on any atom is -0.545 e. The number of amidine groups is 1. The number of nitrogens with zero attached hydrogens (tertiary/aromatic N) is 1. The molecule has 1 amide bonds. The van der Waals surface area contributed by atoms with Gasteiger partial charge >= 0.3 is 0 Å². The van der Waals surface area contributed by atoms with Gasteiger partial charge in [-0.1, -0.05) is 42.5 Å². The van der Waals surface area contributed by atoms with Gasteiger partial charge in [0.05, 0.1) is 16.6 Å². The molecular weight excluding hydrogens is 312 g/mol. The number of carbonyl (C=O) groups is 2. The number of aliphatic imine (C=N–C) groups is 1. The Kier molecular flexibility index (Phi) is 4.25. The fraction of sp³-hybridized carbons (Fsp3) is 0. The number of benzene rings is 2. The fourth-order valence-electron chi connectivity index (χ4n) is 1.97. The van der Waals surface area contributed by atoms with Crippen LogP contribution in [0.25, 0.3) is 6.08 Å². The molecule has 0 unspecified atom stereocenters. The van der Waals surface area contributed by atoms with Crippen molar-refractivity contribution >= 4 is 40.6 Å². The van der Waals surface area contributed by atoms with Crippen LogP contribution >= 0.6 is 11.8 Å². The van der Waals surface area contributed by atoms with Crippen LogP contribution in [0.15, 0.2) is 64.5 Å². The summed E-state index contributed by atoms with van der Waals surface area (Å²) in [6.45, 7) is 0. The van der Waals surface area contributed by atoms with E-state index in [1.807, 2.05) is 30.3 Å². The highest BCUT2D eigenvalue weighted by molar-refractivity contribution is 8.18. The molecule has 1 heterocycles. The van der Waals surface area contributed by atoms with Crippen LogP contribution in [-0.4, -0.2) is 17.0 Å². The van der Waals surface area contributed by atoms with Crippen LogP contribution in [0.5, 0.6) is 0 Å². The number of amides is 1. The molecule has 1 aliphatic rings. The van der Waals surface area contributed by atoms with E-state index >= 15 is 0 Å². The zero-order chi connectivity index (χ0) is 16.2. The van der Waals surface area contributed by atoms with Crippen LogP contribution in [0.1, 0.15) is 15.9 Å². The quantitative estimate of drug-likeness (QED) is 0.875. The second-order valence-corrected chi connectivity index (χ2v) is 5.76. The number of para-hydroxylation sites is 1. The molecule has 0 spiro atoms. The molecule has 23 heavy (non-hydrogen) atoms. The number of thioether (sulfide) groups is 1. The molecule has 0 atom stereocenters. The molecule has 3 rings (SSSR count). The summed E-state index contributed by atoms with van der Waals surface area (Å²) >= 11 is 1.24. The largest absolute Gasteiger partial charge is 0.545 e. The molecule has 0 aromatic heterocycles. The van der Waals surface area contributed by atoms with Gasteiger partial charge in [0.25, 0.3) is 5.91 Å². The number of nitrogens with one attached hydrogen (secondary N) is 1. The fourth-order valence-corrected chi connectivity index (χ4v) is 2.81. The number of carbonyl (C=O) groups excluding carboxylic acids is 2. The molecule has 1 saturated heterocycles. The third kappa shape index (κ3) is 3.67. The van der Waals surface area contributed by atoms with Crippen molar-refractivity contribution in [1.82, 2.24) is 5.32 Å². The smallest absolute Gasteiger partial charge is 0.264 e. The van der Waals surface area contributed by atoms with Crippen LogP contribution in [0.4, 0.5) is 5.69 Å². The van der Waals surface area contributed by atoms with Gasteiger partial charge in [-0.25, -0.2) is 4.99 Å². The SMILES string of the molecule is O=C1NC(=Nc2ccccc2)S/C1=C/c1ccc(C(=O)[O-])cc1. The summed E-state index contributed by atoms with van der Waals surface area (Å²) in [5.41, 5.74) is 1.59. The van der Waals surface area contributed by atoms with Crippen LogP contribution < -0.4 is 10.4 Å². The van der Waals surface area contributed by atoms with Gasteiger partial charge in [-0.05, 0) is 41.1 Å². The number of rotatable bonds is 3. The van der Waals surface area contributed by atoms with Crippen molar-refractivity contribution in [3.05, 3.63) is 70.6 Å². The maximum atomic E-state index is 12.0. The van der Waals surface area contributed by atoms with Gasteiger partial charge in [0.2, 0.25) is 0 Å². The number of carboxylic acid groups (broad SMARTS) is 1. The summed E-state index contributed by atoms with van der Waals surface area (Å²) in [4.78, 5) is 27.5. The predicted molar refractivity (Wildman–Crippen MR) is 88.0 cm³/mol. The Morgan fingerprint density at radius 3 is 2.43 bits per heavy atom. The summed E-state index contributed by atoms with van der Waals surface area (Å²) < 4.78 is 0. The molecular formula is C17H11N2O3S-. The van der Waals surface area contributed by atoms with Crippen molar-refractivity contribution in [1.29, 1.82) is 0 Å². The highest BCUT2D eigenvalue weighted by atomic mass is 32.2. The Bertz CT molecular complexity index is 811. The van der Waals surface area contributed by atoms with Gasteiger partial charge in [0, 0.05) is 0 Å². The Hall–Kier alpha value is -2.86. The topological polar surface area (TPSA) is 81.6 Å². The lowest BCUT2D eigenvalue weighted by atomic mass is 10.1. The van der Waals surface area contributed by atoms with Gasteiger partial charge in [-0.15, -0.1) is 0 Å². The van der Waals surface area contributed by atoms with Crippen molar-refractivity contribution in [2.75, 3.05) is 0 Å². The van der Waals surface area contributed by atoms with Crippen molar-refractivity contribution in [3.63, 3.8) is 0 Å². The van der Waals surface area contributed by atoms with E-state index in [0.29, 0.717) is 10.1 Å². The molecule has 5 nitrogen and oxygen atoms in total. The van der Waals surface area contributed by atoms with E-state index in [2.05, 4.69) is 10.3 Å². The van der Waals surface area contributed by atoms with E-state index in [4.69, 9.17) is 0 Å². The third-order valence-electron chi connectivity index (χ3n) is 3.08. The Morgan fingerprint density at radius 2 is 1.78 bits per heavy atom. The molecule has 1 fully saturated rings. The first kappa shape index (κ1) is 15.1. The lowest BCUT2D eigenvalue weighted by Gasteiger charge is -2.02. The number of aromatic carboxylic acids is 1. The van der Waals surface area contributed by atoms with Crippen molar-refractivity contribution in [3.8, 4) is 0 Å². The highest BCUT2D eigenvalue weighted by Gasteiger charge is 2.23. The molecule has 1 aliphatic heterocycles. The molecule has 0 radical (unpaired) electrons. The molecule has 0 bridgehead atoms. The van der Waals surface area contributed by atoms with Gasteiger partial charge in [-0.3, -0.25) is 4.79 Å². The van der Waals surface area contributed by atoms with Crippen LogP contribution in [0.3, 0.4) is 0 Å². The van der Waals surface area contributed by atoms with E-state index in [-0.39, 0.29) is 11.5 Å². The molecule has 0 aliphatic carbocycles. The van der Waals surface area contributed by atoms with E-state index in [1.165, 1.54) is 23.9 Å². The second-order valence-electron chi connectivity index (χ2n) is 4.73. The number of hydrogen-bond acceptors (Lipinski definition) is 5.